The summed E-state index contributed by atoms with van der Waals surface area (Å²) in [4.78, 5) is 12.2. The zero-order valence-electron chi connectivity index (χ0n) is 12.5. The minimum absolute atomic E-state index is 0.105. The van der Waals surface area contributed by atoms with Crippen LogP contribution in [-0.2, 0) is 17.8 Å². The number of carbonyl (C=O) groups excluding carboxylic acids is 1. The second kappa shape index (κ2) is 6.75. The van der Waals surface area contributed by atoms with Gasteiger partial charge in [0.25, 0.3) is 0 Å². The molecule has 2 unspecified atom stereocenters. The maximum atomic E-state index is 12.2. The fourth-order valence-electron chi connectivity index (χ4n) is 2.96. The molecule has 1 saturated carbocycles. The van der Waals surface area contributed by atoms with Gasteiger partial charge in [0, 0.05) is 12.6 Å². The Balaban J connectivity index is 1.61. The van der Waals surface area contributed by atoms with Gasteiger partial charge in [-0.15, -0.1) is 0 Å². The van der Waals surface area contributed by atoms with E-state index >= 15 is 0 Å². The first kappa shape index (κ1) is 14.8. The summed E-state index contributed by atoms with van der Waals surface area (Å²) in [5.41, 5.74) is 1.24. The molecule has 1 aromatic heterocycles. The number of aliphatic hydroxyl groups excluding tert-OH is 1. The number of nitrogens with zero attached hydrogens (tertiary/aromatic N) is 2. The number of hydrogen-bond donors (Lipinski definition) is 2. The minimum atomic E-state index is -0.513. The standard InChI is InChI=1S/C17H21N3O2/c21-15-8-4-7-14(15)17(22)19-16-9-11-18-20(16)12-10-13-5-2-1-3-6-13/h1-3,5-6,9,11,14-15,21H,4,7-8,10,12H2,(H,19,22). The monoisotopic (exact) mass is 299 g/mol. The van der Waals surface area contributed by atoms with Crippen molar-refractivity contribution in [3.8, 4) is 0 Å². The lowest BCUT2D eigenvalue weighted by Crippen LogP contribution is -2.29. The average molecular weight is 299 g/mol. The molecular formula is C17H21N3O2. The molecule has 22 heavy (non-hydrogen) atoms. The van der Waals surface area contributed by atoms with Gasteiger partial charge in [-0.2, -0.15) is 5.10 Å². The lowest BCUT2D eigenvalue weighted by molar-refractivity contribution is -0.122. The first-order chi connectivity index (χ1) is 10.7. The van der Waals surface area contributed by atoms with Crippen LogP contribution in [0.5, 0.6) is 0 Å². The van der Waals surface area contributed by atoms with Crippen molar-refractivity contribution >= 4 is 11.7 Å². The summed E-state index contributed by atoms with van der Waals surface area (Å²) in [5.74, 6) is 0.295. The highest BCUT2D eigenvalue weighted by molar-refractivity contribution is 5.92. The first-order valence-electron chi connectivity index (χ1n) is 7.79. The molecule has 1 heterocycles. The summed E-state index contributed by atoms with van der Waals surface area (Å²) in [7, 11) is 0. The van der Waals surface area contributed by atoms with Crippen LogP contribution in [0.4, 0.5) is 5.82 Å². The van der Waals surface area contributed by atoms with Gasteiger partial charge in [-0.05, 0) is 31.2 Å². The minimum Gasteiger partial charge on any atom is -0.392 e. The van der Waals surface area contributed by atoms with E-state index in [4.69, 9.17) is 0 Å². The molecule has 0 saturated heterocycles. The molecular weight excluding hydrogens is 278 g/mol. The van der Waals surface area contributed by atoms with Crippen molar-refractivity contribution in [2.24, 2.45) is 5.92 Å². The van der Waals surface area contributed by atoms with Crippen LogP contribution < -0.4 is 5.32 Å². The first-order valence-corrected chi connectivity index (χ1v) is 7.79. The van der Waals surface area contributed by atoms with Gasteiger partial charge in [0.1, 0.15) is 5.82 Å². The topological polar surface area (TPSA) is 67.2 Å². The van der Waals surface area contributed by atoms with Crippen LogP contribution in [0.2, 0.25) is 0 Å². The average Bonchev–Trinajstić information content (AvgIpc) is 3.15. The number of nitrogens with one attached hydrogen (secondary N) is 1. The molecule has 0 bridgehead atoms. The van der Waals surface area contributed by atoms with Gasteiger partial charge < -0.3 is 10.4 Å². The van der Waals surface area contributed by atoms with Crippen LogP contribution in [0.25, 0.3) is 0 Å². The molecule has 2 N–H and O–H groups in total. The molecule has 2 atom stereocenters. The van der Waals surface area contributed by atoms with Crippen LogP contribution in [-0.4, -0.2) is 26.9 Å². The molecule has 5 nitrogen and oxygen atoms in total. The molecule has 2 aromatic rings. The van der Waals surface area contributed by atoms with E-state index in [1.807, 2.05) is 18.2 Å². The SMILES string of the molecule is O=C(Nc1ccnn1CCc1ccccc1)C1CCCC1O. The van der Waals surface area contributed by atoms with Gasteiger partial charge >= 0.3 is 0 Å². The van der Waals surface area contributed by atoms with Crippen molar-refractivity contribution < 1.29 is 9.90 Å². The van der Waals surface area contributed by atoms with Crippen molar-refractivity contribution in [3.05, 3.63) is 48.2 Å². The van der Waals surface area contributed by atoms with Crippen molar-refractivity contribution in [2.75, 3.05) is 5.32 Å². The van der Waals surface area contributed by atoms with E-state index in [-0.39, 0.29) is 11.8 Å². The Morgan fingerprint density at radius 3 is 2.82 bits per heavy atom. The van der Waals surface area contributed by atoms with Crippen molar-refractivity contribution in [1.82, 2.24) is 9.78 Å². The Labute approximate surface area is 130 Å². The van der Waals surface area contributed by atoms with Crippen LogP contribution >= 0.6 is 0 Å². The molecule has 1 aromatic carbocycles. The Morgan fingerprint density at radius 2 is 2.09 bits per heavy atom. The predicted molar refractivity (Wildman–Crippen MR) is 84.4 cm³/mol. The van der Waals surface area contributed by atoms with E-state index in [1.165, 1.54) is 5.56 Å². The van der Waals surface area contributed by atoms with Crippen LogP contribution in [0.15, 0.2) is 42.6 Å². The quantitative estimate of drug-likeness (QED) is 0.889. The van der Waals surface area contributed by atoms with Crippen LogP contribution in [0, 0.1) is 5.92 Å². The number of carbonyl (C=O) groups is 1. The molecule has 1 aliphatic rings. The number of anilines is 1. The third-order valence-corrected chi connectivity index (χ3v) is 4.24. The molecule has 116 valence electrons. The van der Waals surface area contributed by atoms with E-state index in [0.717, 1.165) is 19.3 Å². The van der Waals surface area contributed by atoms with E-state index in [9.17, 15) is 9.90 Å². The Morgan fingerprint density at radius 1 is 1.27 bits per heavy atom. The molecule has 1 amide bonds. The van der Waals surface area contributed by atoms with Crippen molar-refractivity contribution in [2.45, 2.75) is 38.3 Å². The molecule has 3 rings (SSSR count). The van der Waals surface area contributed by atoms with Crippen LogP contribution in [0.1, 0.15) is 24.8 Å². The number of benzene rings is 1. The molecule has 0 spiro atoms. The summed E-state index contributed by atoms with van der Waals surface area (Å²) in [5, 5.41) is 17.0. The van der Waals surface area contributed by atoms with Gasteiger partial charge in [0.05, 0.1) is 18.2 Å². The maximum Gasteiger partial charge on any atom is 0.231 e. The number of hydrogen-bond acceptors (Lipinski definition) is 3. The van der Waals surface area contributed by atoms with Gasteiger partial charge in [-0.25, -0.2) is 4.68 Å². The Hall–Kier alpha value is -2.14. The molecule has 0 aliphatic heterocycles. The lowest BCUT2D eigenvalue weighted by Gasteiger charge is -2.15. The fraction of sp³-hybridized carbons (Fsp3) is 0.412. The molecule has 5 heteroatoms. The van der Waals surface area contributed by atoms with Gasteiger partial charge in [-0.3, -0.25) is 4.79 Å². The summed E-state index contributed by atoms with van der Waals surface area (Å²) in [6, 6.07) is 12.0. The van der Waals surface area contributed by atoms with E-state index in [0.29, 0.717) is 18.8 Å². The summed E-state index contributed by atoms with van der Waals surface area (Å²) >= 11 is 0. The second-order valence-corrected chi connectivity index (χ2v) is 5.77. The highest BCUT2D eigenvalue weighted by Crippen LogP contribution is 2.26. The zero-order valence-corrected chi connectivity index (χ0v) is 12.5. The third-order valence-electron chi connectivity index (χ3n) is 4.24. The molecule has 1 fully saturated rings. The largest absolute Gasteiger partial charge is 0.392 e. The lowest BCUT2D eigenvalue weighted by atomic mass is 10.1. The van der Waals surface area contributed by atoms with Crippen molar-refractivity contribution in [1.29, 1.82) is 0 Å². The van der Waals surface area contributed by atoms with E-state index < -0.39 is 6.10 Å². The van der Waals surface area contributed by atoms with Gasteiger partial charge in [-0.1, -0.05) is 30.3 Å². The second-order valence-electron chi connectivity index (χ2n) is 5.77. The number of rotatable bonds is 5. The smallest absolute Gasteiger partial charge is 0.231 e. The molecule has 0 radical (unpaired) electrons. The van der Waals surface area contributed by atoms with Gasteiger partial charge in [0.15, 0.2) is 0 Å². The summed E-state index contributed by atoms with van der Waals surface area (Å²) in [6.07, 6.45) is 4.41. The van der Waals surface area contributed by atoms with Crippen molar-refractivity contribution in [3.63, 3.8) is 0 Å². The zero-order chi connectivity index (χ0) is 15.4. The Kier molecular flexibility index (Phi) is 4.53. The number of aliphatic hydroxyl groups is 1. The van der Waals surface area contributed by atoms with E-state index in [2.05, 4.69) is 22.5 Å². The number of aromatic nitrogens is 2. The van der Waals surface area contributed by atoms with Gasteiger partial charge in [0.2, 0.25) is 5.91 Å². The predicted octanol–water partition coefficient (Wildman–Crippen LogP) is 2.23. The third kappa shape index (κ3) is 3.36. The summed E-state index contributed by atoms with van der Waals surface area (Å²) < 4.78 is 1.80. The highest BCUT2D eigenvalue weighted by Gasteiger charge is 2.31. The number of amides is 1. The number of aryl methyl sites for hydroxylation is 2. The highest BCUT2D eigenvalue weighted by atomic mass is 16.3. The van der Waals surface area contributed by atoms with Crippen LogP contribution in [0.3, 0.4) is 0 Å². The van der Waals surface area contributed by atoms with E-state index in [1.54, 1.807) is 16.9 Å². The summed E-state index contributed by atoms with van der Waals surface area (Å²) in [6.45, 7) is 0.708. The normalized spacial score (nSPS) is 21.0. The fourth-order valence-corrected chi connectivity index (χ4v) is 2.96. The maximum absolute atomic E-state index is 12.2. The molecule has 1 aliphatic carbocycles. The Bertz CT molecular complexity index is 624.